The Bertz CT molecular complexity index is 520. The van der Waals surface area contributed by atoms with E-state index in [9.17, 15) is 18.0 Å². The summed E-state index contributed by atoms with van der Waals surface area (Å²) >= 11 is 0. The number of morpholine rings is 1. The normalized spacial score (nSPS) is 27.8. The SMILES string of the molecule is CS(=O)(=O)N1CCC[C@@H]1C(=O)N1CCO[C@H](CC(=O)O)C1. The van der Waals surface area contributed by atoms with Crippen molar-refractivity contribution in [1.29, 1.82) is 0 Å². The lowest BCUT2D eigenvalue weighted by atomic mass is 10.1. The fourth-order valence-electron chi connectivity index (χ4n) is 2.83. The fraction of sp³-hybridized carbons (Fsp3) is 0.833. The molecule has 1 N–H and O–H groups in total. The van der Waals surface area contributed by atoms with Gasteiger partial charge < -0.3 is 14.7 Å². The molecule has 0 aromatic heterocycles. The molecule has 0 saturated carbocycles. The summed E-state index contributed by atoms with van der Waals surface area (Å²) in [6, 6.07) is -0.663. The summed E-state index contributed by atoms with van der Waals surface area (Å²) in [6.45, 7) is 1.19. The van der Waals surface area contributed by atoms with E-state index in [0.29, 0.717) is 25.9 Å². The monoisotopic (exact) mass is 320 g/mol. The number of nitrogens with zero attached hydrogens (tertiary/aromatic N) is 2. The van der Waals surface area contributed by atoms with Gasteiger partial charge in [-0.2, -0.15) is 4.31 Å². The van der Waals surface area contributed by atoms with Crippen LogP contribution in [-0.2, 0) is 24.3 Å². The van der Waals surface area contributed by atoms with Gasteiger partial charge in [0.1, 0.15) is 6.04 Å². The molecule has 0 unspecified atom stereocenters. The number of hydrogen-bond acceptors (Lipinski definition) is 5. The molecular weight excluding hydrogens is 300 g/mol. The van der Waals surface area contributed by atoms with Crippen molar-refractivity contribution in [3.8, 4) is 0 Å². The zero-order chi connectivity index (χ0) is 15.6. The van der Waals surface area contributed by atoms with Crippen LogP contribution in [0.5, 0.6) is 0 Å². The van der Waals surface area contributed by atoms with Crippen molar-refractivity contribution < 1.29 is 27.9 Å². The number of amides is 1. The highest BCUT2D eigenvalue weighted by Gasteiger charge is 2.39. The zero-order valence-corrected chi connectivity index (χ0v) is 12.7. The molecule has 21 heavy (non-hydrogen) atoms. The first kappa shape index (κ1) is 16.2. The zero-order valence-electron chi connectivity index (χ0n) is 11.9. The Labute approximate surface area is 123 Å². The maximum atomic E-state index is 12.5. The van der Waals surface area contributed by atoms with Gasteiger partial charge in [0.15, 0.2) is 0 Å². The van der Waals surface area contributed by atoms with Gasteiger partial charge in [0.25, 0.3) is 0 Å². The third kappa shape index (κ3) is 3.92. The van der Waals surface area contributed by atoms with Gasteiger partial charge >= 0.3 is 5.97 Å². The molecule has 2 rings (SSSR count). The van der Waals surface area contributed by atoms with Crippen molar-refractivity contribution in [2.24, 2.45) is 0 Å². The molecule has 2 atom stereocenters. The molecule has 2 aliphatic rings. The minimum Gasteiger partial charge on any atom is -0.481 e. The molecule has 9 heteroatoms. The predicted octanol–water partition coefficient (Wildman–Crippen LogP) is -0.887. The van der Waals surface area contributed by atoms with Crippen molar-refractivity contribution >= 4 is 21.9 Å². The highest BCUT2D eigenvalue weighted by molar-refractivity contribution is 7.88. The highest BCUT2D eigenvalue weighted by Crippen LogP contribution is 2.23. The van der Waals surface area contributed by atoms with E-state index in [1.807, 2.05) is 0 Å². The molecule has 2 aliphatic heterocycles. The van der Waals surface area contributed by atoms with Crippen LogP contribution in [0.1, 0.15) is 19.3 Å². The topological polar surface area (TPSA) is 104 Å². The second-order valence-electron chi connectivity index (χ2n) is 5.41. The Morgan fingerprint density at radius 3 is 2.67 bits per heavy atom. The van der Waals surface area contributed by atoms with Crippen molar-refractivity contribution in [2.75, 3.05) is 32.5 Å². The molecule has 8 nitrogen and oxygen atoms in total. The summed E-state index contributed by atoms with van der Waals surface area (Å²) in [5, 5.41) is 8.78. The third-order valence-electron chi connectivity index (χ3n) is 3.77. The minimum atomic E-state index is -3.41. The predicted molar refractivity (Wildman–Crippen MR) is 73.1 cm³/mol. The first-order valence-corrected chi connectivity index (χ1v) is 8.73. The molecule has 0 radical (unpaired) electrons. The van der Waals surface area contributed by atoms with Crippen LogP contribution in [0.25, 0.3) is 0 Å². The largest absolute Gasteiger partial charge is 0.481 e. The Hall–Kier alpha value is -1.19. The summed E-state index contributed by atoms with van der Waals surface area (Å²) < 4.78 is 29.9. The molecular formula is C12H20N2O6S. The molecule has 0 spiro atoms. The van der Waals surface area contributed by atoms with Gasteiger partial charge in [-0.05, 0) is 12.8 Å². The summed E-state index contributed by atoms with van der Waals surface area (Å²) in [7, 11) is -3.41. The lowest BCUT2D eigenvalue weighted by Gasteiger charge is -2.35. The molecule has 2 saturated heterocycles. The standard InChI is InChI=1S/C12H20N2O6S/c1-21(18,19)14-4-2-3-10(14)12(17)13-5-6-20-9(8-13)7-11(15)16/h9-10H,2-8H2,1H3,(H,15,16)/t9-,10-/m1/s1. The van der Waals surface area contributed by atoms with Gasteiger partial charge in [0, 0.05) is 19.6 Å². The Kier molecular flexibility index (Phi) is 4.84. The lowest BCUT2D eigenvalue weighted by molar-refractivity contribution is -0.149. The quantitative estimate of drug-likeness (QED) is 0.721. The summed E-state index contributed by atoms with van der Waals surface area (Å²) in [4.78, 5) is 24.7. The molecule has 1 amide bonds. The highest BCUT2D eigenvalue weighted by atomic mass is 32.2. The summed E-state index contributed by atoms with van der Waals surface area (Å²) in [5.41, 5.74) is 0. The van der Waals surface area contributed by atoms with Crippen LogP contribution in [0.15, 0.2) is 0 Å². The summed E-state index contributed by atoms with van der Waals surface area (Å²) in [6.07, 6.45) is 1.57. The first-order valence-electron chi connectivity index (χ1n) is 6.88. The van der Waals surface area contributed by atoms with Crippen LogP contribution in [0.3, 0.4) is 0 Å². The van der Waals surface area contributed by atoms with Crippen LogP contribution in [-0.4, -0.2) is 79.2 Å². The van der Waals surface area contributed by atoms with E-state index in [-0.39, 0.29) is 25.5 Å². The van der Waals surface area contributed by atoms with Crippen LogP contribution >= 0.6 is 0 Å². The molecule has 120 valence electrons. The Morgan fingerprint density at radius 2 is 2.05 bits per heavy atom. The second-order valence-corrected chi connectivity index (χ2v) is 7.34. The van der Waals surface area contributed by atoms with Crippen LogP contribution in [0.4, 0.5) is 0 Å². The van der Waals surface area contributed by atoms with Crippen molar-refractivity contribution in [3.63, 3.8) is 0 Å². The number of hydrogen-bond donors (Lipinski definition) is 1. The number of rotatable bonds is 4. The van der Waals surface area contributed by atoms with Gasteiger partial charge in [-0.3, -0.25) is 9.59 Å². The first-order chi connectivity index (χ1) is 9.79. The lowest BCUT2D eigenvalue weighted by Crippen LogP contribution is -2.53. The van der Waals surface area contributed by atoms with E-state index in [1.54, 1.807) is 0 Å². The average Bonchev–Trinajstić information content (AvgIpc) is 2.86. The molecule has 2 heterocycles. The molecule has 0 aliphatic carbocycles. The second kappa shape index (κ2) is 6.29. The van der Waals surface area contributed by atoms with Crippen molar-refractivity contribution in [3.05, 3.63) is 0 Å². The van der Waals surface area contributed by atoms with Gasteiger partial charge in [-0.25, -0.2) is 8.42 Å². The number of carboxylic acid groups (broad SMARTS) is 1. The van der Waals surface area contributed by atoms with E-state index in [2.05, 4.69) is 0 Å². The third-order valence-corrected chi connectivity index (χ3v) is 5.06. The van der Waals surface area contributed by atoms with Gasteiger partial charge in [-0.1, -0.05) is 0 Å². The van der Waals surface area contributed by atoms with Gasteiger partial charge in [-0.15, -0.1) is 0 Å². The van der Waals surface area contributed by atoms with E-state index >= 15 is 0 Å². The van der Waals surface area contributed by atoms with Crippen LogP contribution in [0.2, 0.25) is 0 Å². The molecule has 2 fully saturated rings. The summed E-state index contributed by atoms with van der Waals surface area (Å²) in [5.74, 6) is -1.23. The number of ether oxygens (including phenoxy) is 1. The van der Waals surface area contributed by atoms with Crippen molar-refractivity contribution in [1.82, 2.24) is 9.21 Å². The Balaban J connectivity index is 2.03. The van der Waals surface area contributed by atoms with Gasteiger partial charge in [0.05, 0.1) is 25.4 Å². The van der Waals surface area contributed by atoms with Crippen molar-refractivity contribution in [2.45, 2.75) is 31.4 Å². The van der Waals surface area contributed by atoms with E-state index in [4.69, 9.17) is 9.84 Å². The van der Waals surface area contributed by atoms with E-state index in [1.165, 1.54) is 9.21 Å². The number of carboxylic acids is 1. The Morgan fingerprint density at radius 1 is 1.33 bits per heavy atom. The van der Waals surface area contributed by atoms with E-state index in [0.717, 1.165) is 6.26 Å². The minimum absolute atomic E-state index is 0.162. The van der Waals surface area contributed by atoms with Crippen LogP contribution in [0, 0.1) is 0 Å². The molecule has 0 bridgehead atoms. The average molecular weight is 320 g/mol. The van der Waals surface area contributed by atoms with E-state index < -0.39 is 28.1 Å². The van der Waals surface area contributed by atoms with Gasteiger partial charge in [0.2, 0.25) is 15.9 Å². The fourth-order valence-corrected chi connectivity index (χ4v) is 3.95. The smallest absolute Gasteiger partial charge is 0.306 e. The molecule has 0 aromatic carbocycles. The molecule has 0 aromatic rings. The van der Waals surface area contributed by atoms with Crippen LogP contribution < -0.4 is 0 Å². The number of aliphatic carboxylic acids is 1. The number of carbonyl (C=O) groups excluding carboxylic acids is 1. The maximum absolute atomic E-state index is 12.5. The maximum Gasteiger partial charge on any atom is 0.306 e. The number of sulfonamides is 1. The number of carbonyl (C=O) groups is 2.